The number of hydrogen-bond acceptors (Lipinski definition) is 2. The van der Waals surface area contributed by atoms with E-state index in [2.05, 4.69) is 26.0 Å². The van der Waals surface area contributed by atoms with Crippen molar-refractivity contribution in [1.82, 2.24) is 4.57 Å². The molecule has 1 atom stereocenters. The van der Waals surface area contributed by atoms with Gasteiger partial charge >= 0.3 is 0 Å². The minimum absolute atomic E-state index is 0.112. The first-order chi connectivity index (χ1) is 10.1. The highest BCUT2D eigenvalue weighted by Gasteiger charge is 2.09. The molecule has 105 valence electrons. The molecule has 4 heteroatoms. The fourth-order valence-electron chi connectivity index (χ4n) is 2.43. The zero-order chi connectivity index (χ0) is 15.0. The largest absolute Gasteiger partial charge is 0.317 e. The van der Waals surface area contributed by atoms with Crippen LogP contribution in [0.1, 0.15) is 18.4 Å². The Hall–Kier alpha value is -2.62. The van der Waals surface area contributed by atoms with Crippen LogP contribution in [0.25, 0.3) is 16.6 Å². The molecule has 0 amide bonds. The number of nitro benzene ring substituents is 1. The van der Waals surface area contributed by atoms with Gasteiger partial charge in [0.05, 0.1) is 10.4 Å². The Kier molecular flexibility index (Phi) is 3.22. The molecule has 0 aliphatic heterocycles. The number of fused-ring (bicyclic) bond motifs is 1. The summed E-state index contributed by atoms with van der Waals surface area (Å²) in [5, 5.41) is 11.7. The van der Waals surface area contributed by atoms with E-state index in [-0.39, 0.29) is 16.5 Å². The number of hydrogen-bond donors (Lipinski definition) is 0. The van der Waals surface area contributed by atoms with Crippen LogP contribution in [-0.2, 0) is 0 Å². The molecular weight excluding hydrogens is 264 g/mol. The summed E-state index contributed by atoms with van der Waals surface area (Å²) in [6.07, 6.45) is 1.93. The number of nitro groups is 1. The quantitative estimate of drug-likeness (QED) is 0.524. The van der Waals surface area contributed by atoms with Crippen LogP contribution in [0.5, 0.6) is 0 Å². The smallest absolute Gasteiger partial charge is 0.270 e. The van der Waals surface area contributed by atoms with Crippen molar-refractivity contribution < 1.29 is 4.92 Å². The molecule has 3 rings (SSSR count). The van der Waals surface area contributed by atoms with E-state index in [4.69, 9.17) is 0 Å². The Morgan fingerprint density at radius 2 is 1.86 bits per heavy atom. The Bertz CT molecular complexity index is 801. The number of rotatable bonds is 3. The van der Waals surface area contributed by atoms with Crippen LogP contribution < -0.4 is 0 Å². The molecule has 1 heterocycles. The molecule has 0 saturated carbocycles. The molecule has 0 spiro atoms. The van der Waals surface area contributed by atoms with Crippen molar-refractivity contribution in [1.29, 1.82) is 0 Å². The molecule has 21 heavy (non-hydrogen) atoms. The van der Waals surface area contributed by atoms with Gasteiger partial charge in [-0.3, -0.25) is 10.1 Å². The molecule has 3 aromatic rings. The first-order valence-electron chi connectivity index (χ1n) is 6.75. The fourth-order valence-corrected chi connectivity index (χ4v) is 2.43. The van der Waals surface area contributed by atoms with Crippen molar-refractivity contribution in [3.63, 3.8) is 0 Å². The summed E-state index contributed by atoms with van der Waals surface area (Å²) >= 11 is 0. The lowest BCUT2D eigenvalue weighted by Crippen LogP contribution is -1.94. The summed E-state index contributed by atoms with van der Waals surface area (Å²) in [5.74, 6) is 0.253. The van der Waals surface area contributed by atoms with E-state index in [1.54, 1.807) is 12.1 Å². The Labute approximate surface area is 122 Å². The monoisotopic (exact) mass is 279 g/mol. The van der Waals surface area contributed by atoms with Crippen LogP contribution in [0.4, 0.5) is 5.69 Å². The lowest BCUT2D eigenvalue weighted by molar-refractivity contribution is -0.384. The van der Waals surface area contributed by atoms with Gasteiger partial charge in [0, 0.05) is 29.4 Å². The summed E-state index contributed by atoms with van der Waals surface area (Å²) in [5.41, 5.74) is 3.28. The van der Waals surface area contributed by atoms with Gasteiger partial charge in [0.15, 0.2) is 0 Å². The molecule has 0 aliphatic rings. The van der Waals surface area contributed by atoms with Gasteiger partial charge in [-0.1, -0.05) is 19.1 Å². The number of aromatic nitrogens is 1. The highest BCUT2D eigenvalue weighted by atomic mass is 16.6. The first kappa shape index (κ1) is 13.4. The molecule has 2 aromatic carbocycles. The minimum Gasteiger partial charge on any atom is -0.317 e. The van der Waals surface area contributed by atoms with Crippen molar-refractivity contribution in [3.05, 3.63) is 77.3 Å². The second-order valence-corrected chi connectivity index (χ2v) is 5.18. The van der Waals surface area contributed by atoms with Crippen molar-refractivity contribution in [3.8, 4) is 5.69 Å². The van der Waals surface area contributed by atoms with Crippen LogP contribution >= 0.6 is 0 Å². The number of benzene rings is 2. The summed E-state index contributed by atoms with van der Waals surface area (Å²) in [6.45, 7) is 6.06. The van der Waals surface area contributed by atoms with Crippen molar-refractivity contribution in [2.45, 2.75) is 12.8 Å². The van der Waals surface area contributed by atoms with Crippen molar-refractivity contribution in [2.75, 3.05) is 0 Å². The van der Waals surface area contributed by atoms with E-state index >= 15 is 0 Å². The SMILES string of the molecule is [CH2]C(C)c1ccc(-n2ccc3cc([N+](=O)[O-])ccc32)cc1. The van der Waals surface area contributed by atoms with Gasteiger partial charge in [0.2, 0.25) is 0 Å². The van der Waals surface area contributed by atoms with Crippen molar-refractivity contribution >= 4 is 16.6 Å². The predicted octanol–water partition coefficient (Wildman–Crippen LogP) is 4.48. The lowest BCUT2D eigenvalue weighted by Gasteiger charge is -2.09. The van der Waals surface area contributed by atoms with Gasteiger partial charge in [-0.05, 0) is 42.7 Å². The third kappa shape index (κ3) is 2.40. The van der Waals surface area contributed by atoms with Crippen LogP contribution in [-0.4, -0.2) is 9.49 Å². The molecule has 4 nitrogen and oxygen atoms in total. The standard InChI is InChI=1S/C17H15N2O2/c1-12(2)13-3-5-15(6-4-13)18-10-9-14-11-16(19(20)21)7-8-17(14)18/h3-12H,1H2,2H3. The van der Waals surface area contributed by atoms with E-state index in [1.807, 2.05) is 29.0 Å². The summed E-state index contributed by atoms with van der Waals surface area (Å²) < 4.78 is 2.02. The van der Waals surface area contributed by atoms with E-state index in [1.165, 1.54) is 11.6 Å². The van der Waals surface area contributed by atoms with Crippen molar-refractivity contribution in [2.24, 2.45) is 0 Å². The molecule has 1 radical (unpaired) electrons. The second-order valence-electron chi connectivity index (χ2n) is 5.18. The van der Waals surface area contributed by atoms with E-state index in [0.29, 0.717) is 0 Å². The highest BCUT2D eigenvalue weighted by Crippen LogP contribution is 2.25. The van der Waals surface area contributed by atoms with Crippen LogP contribution in [0.15, 0.2) is 54.7 Å². The maximum atomic E-state index is 10.8. The summed E-state index contributed by atoms with van der Waals surface area (Å²) in [7, 11) is 0. The third-order valence-corrected chi connectivity index (χ3v) is 3.62. The molecule has 0 bridgehead atoms. The van der Waals surface area contributed by atoms with Crippen LogP contribution in [0.2, 0.25) is 0 Å². The fraction of sp³-hybridized carbons (Fsp3) is 0.118. The van der Waals surface area contributed by atoms with Gasteiger partial charge in [-0.2, -0.15) is 0 Å². The zero-order valence-electron chi connectivity index (χ0n) is 11.7. The van der Waals surface area contributed by atoms with Gasteiger partial charge in [0.1, 0.15) is 0 Å². The maximum Gasteiger partial charge on any atom is 0.270 e. The molecule has 1 aromatic heterocycles. The molecule has 0 fully saturated rings. The second kappa shape index (κ2) is 5.05. The van der Waals surface area contributed by atoms with Gasteiger partial charge in [0.25, 0.3) is 5.69 Å². The maximum absolute atomic E-state index is 10.8. The molecule has 1 unspecified atom stereocenters. The Morgan fingerprint density at radius 1 is 1.14 bits per heavy atom. The lowest BCUT2D eigenvalue weighted by atomic mass is 10.0. The third-order valence-electron chi connectivity index (χ3n) is 3.62. The highest BCUT2D eigenvalue weighted by molar-refractivity contribution is 5.84. The van der Waals surface area contributed by atoms with Crippen LogP contribution in [0, 0.1) is 17.0 Å². The van der Waals surface area contributed by atoms with Crippen LogP contribution in [0.3, 0.4) is 0 Å². The number of nitrogens with zero attached hydrogens (tertiary/aromatic N) is 2. The Morgan fingerprint density at radius 3 is 2.48 bits per heavy atom. The van der Waals surface area contributed by atoms with Gasteiger partial charge < -0.3 is 4.57 Å². The normalized spacial score (nSPS) is 11.2. The van der Waals surface area contributed by atoms with E-state index < -0.39 is 0 Å². The molecule has 0 aliphatic carbocycles. The summed E-state index contributed by atoms with van der Waals surface area (Å²) in [6, 6.07) is 15.0. The Balaban J connectivity index is 2.06. The first-order valence-corrected chi connectivity index (χ1v) is 6.75. The van der Waals surface area contributed by atoms with E-state index in [9.17, 15) is 10.1 Å². The average molecular weight is 279 g/mol. The summed E-state index contributed by atoms with van der Waals surface area (Å²) in [4.78, 5) is 10.4. The molecule has 0 N–H and O–H groups in total. The average Bonchev–Trinajstić information content (AvgIpc) is 2.90. The number of non-ortho nitro benzene ring substituents is 1. The minimum atomic E-state index is -0.374. The molecule has 0 saturated heterocycles. The zero-order valence-corrected chi connectivity index (χ0v) is 11.7. The molecular formula is C17H15N2O2. The van der Waals surface area contributed by atoms with Gasteiger partial charge in [-0.15, -0.1) is 0 Å². The van der Waals surface area contributed by atoms with Gasteiger partial charge in [-0.25, -0.2) is 0 Å². The van der Waals surface area contributed by atoms with E-state index in [0.717, 1.165) is 16.6 Å². The topological polar surface area (TPSA) is 48.1 Å². The predicted molar refractivity (Wildman–Crippen MR) is 83.7 cm³/mol.